The number of alkyl halides is 3. The second-order valence-corrected chi connectivity index (χ2v) is 8.84. The third-order valence-electron chi connectivity index (χ3n) is 5.89. The Morgan fingerprint density at radius 1 is 1.26 bits per heavy atom. The van der Waals surface area contributed by atoms with Gasteiger partial charge in [0.25, 0.3) is 5.91 Å². The Hall–Kier alpha value is -3.47. The number of carbonyl (C=O) groups excluding carboxylic acids is 2. The Labute approximate surface area is 198 Å². The molecule has 1 amide bonds. The van der Waals surface area contributed by atoms with Gasteiger partial charge in [0.1, 0.15) is 0 Å². The summed E-state index contributed by atoms with van der Waals surface area (Å²) in [5.74, 6) is -2.81. The number of oxime groups is 1. The predicted octanol–water partition coefficient (Wildman–Crippen LogP) is 4.43. The molecule has 188 valence electrons. The molecule has 11 heteroatoms. The lowest BCUT2D eigenvalue weighted by atomic mass is 9.74. The molecule has 0 aromatic heterocycles. The summed E-state index contributed by atoms with van der Waals surface area (Å²) in [4.78, 5) is 29.1. The fourth-order valence-corrected chi connectivity index (χ4v) is 4.01. The number of benzene rings is 2. The molecule has 7 nitrogen and oxygen atoms in total. The SMILES string of the molecule is COc1cccc(C(C)(C)CC(O)(C(=O)Nc2ccc3c(c2)C(C)=NOC3C=O)C(F)(F)F)c1F. The van der Waals surface area contributed by atoms with Crippen LogP contribution in [0.4, 0.5) is 23.2 Å². The minimum Gasteiger partial charge on any atom is -0.494 e. The van der Waals surface area contributed by atoms with Gasteiger partial charge in [0.05, 0.1) is 12.8 Å². The number of hydrogen-bond acceptors (Lipinski definition) is 6. The number of nitrogens with one attached hydrogen (secondary N) is 1. The van der Waals surface area contributed by atoms with E-state index in [1.807, 2.05) is 0 Å². The quantitative estimate of drug-likeness (QED) is 0.437. The molecule has 2 N–H and O–H groups in total. The lowest BCUT2D eigenvalue weighted by Gasteiger charge is -2.37. The second-order valence-electron chi connectivity index (χ2n) is 8.84. The van der Waals surface area contributed by atoms with Crippen LogP contribution in [0.3, 0.4) is 0 Å². The van der Waals surface area contributed by atoms with E-state index in [0.717, 1.165) is 0 Å². The van der Waals surface area contributed by atoms with Gasteiger partial charge in [0.15, 0.2) is 17.9 Å². The highest BCUT2D eigenvalue weighted by atomic mass is 19.4. The van der Waals surface area contributed by atoms with Crippen molar-refractivity contribution < 1.29 is 41.8 Å². The van der Waals surface area contributed by atoms with Crippen molar-refractivity contribution in [3.63, 3.8) is 0 Å². The average molecular weight is 496 g/mol. The number of amides is 1. The molecule has 0 aliphatic carbocycles. The molecule has 1 heterocycles. The standard InChI is InChI=1S/C24H24F4N2O5/c1-13-16-10-14(8-9-15(16)19(11-31)35-30-13)29-21(32)23(33,24(26,27)28)12-22(2,3)17-6-5-7-18(34-4)20(17)25/h5-11,19,33H,12H2,1-4H3,(H,29,32). The molecule has 2 unspecified atom stereocenters. The summed E-state index contributed by atoms with van der Waals surface area (Å²) in [6, 6.07) is 7.99. The van der Waals surface area contributed by atoms with Gasteiger partial charge in [-0.1, -0.05) is 37.2 Å². The Morgan fingerprint density at radius 2 is 1.94 bits per heavy atom. The summed E-state index contributed by atoms with van der Waals surface area (Å²) < 4.78 is 61.9. The molecular weight excluding hydrogens is 472 g/mol. The van der Waals surface area contributed by atoms with Crippen LogP contribution in [0, 0.1) is 5.82 Å². The van der Waals surface area contributed by atoms with Crippen LogP contribution in [-0.4, -0.2) is 41.9 Å². The minimum atomic E-state index is -5.38. The highest BCUT2D eigenvalue weighted by Gasteiger charge is 2.61. The Bertz CT molecular complexity index is 1180. The zero-order valence-electron chi connectivity index (χ0n) is 19.4. The summed E-state index contributed by atoms with van der Waals surface area (Å²) in [7, 11) is 1.21. The third kappa shape index (κ3) is 4.86. The van der Waals surface area contributed by atoms with E-state index in [1.54, 1.807) is 6.92 Å². The number of anilines is 1. The maximum atomic E-state index is 14.8. The van der Waals surface area contributed by atoms with E-state index in [-0.39, 0.29) is 17.0 Å². The van der Waals surface area contributed by atoms with Crippen LogP contribution >= 0.6 is 0 Å². The van der Waals surface area contributed by atoms with E-state index in [2.05, 4.69) is 10.5 Å². The molecule has 0 bridgehead atoms. The van der Waals surface area contributed by atoms with Crippen LogP contribution < -0.4 is 10.1 Å². The number of methoxy groups -OCH3 is 1. The lowest BCUT2D eigenvalue weighted by Crippen LogP contribution is -2.57. The molecule has 1 aliphatic rings. The number of nitrogens with zero attached hydrogens (tertiary/aromatic N) is 1. The van der Waals surface area contributed by atoms with E-state index in [1.165, 1.54) is 57.4 Å². The number of carbonyl (C=O) groups is 2. The lowest BCUT2D eigenvalue weighted by molar-refractivity contribution is -0.254. The smallest absolute Gasteiger partial charge is 0.426 e. The number of aldehydes is 1. The monoisotopic (exact) mass is 496 g/mol. The molecule has 2 aromatic rings. The normalized spacial score (nSPS) is 17.4. The number of hydrogen-bond donors (Lipinski definition) is 2. The van der Waals surface area contributed by atoms with Crippen molar-refractivity contribution in [1.29, 1.82) is 0 Å². The Balaban J connectivity index is 1.96. The zero-order valence-corrected chi connectivity index (χ0v) is 19.4. The molecular formula is C24H24F4N2O5. The van der Waals surface area contributed by atoms with Crippen molar-refractivity contribution in [2.75, 3.05) is 12.4 Å². The Kier molecular flexibility index (Phi) is 6.94. The van der Waals surface area contributed by atoms with Crippen LogP contribution in [0.2, 0.25) is 0 Å². The highest BCUT2D eigenvalue weighted by Crippen LogP contribution is 2.43. The molecule has 0 saturated heterocycles. The average Bonchev–Trinajstić information content (AvgIpc) is 2.78. The first-order valence-electron chi connectivity index (χ1n) is 10.5. The van der Waals surface area contributed by atoms with Gasteiger partial charge in [-0.3, -0.25) is 9.59 Å². The van der Waals surface area contributed by atoms with Gasteiger partial charge in [-0.25, -0.2) is 4.39 Å². The van der Waals surface area contributed by atoms with E-state index in [4.69, 9.17) is 9.57 Å². The summed E-state index contributed by atoms with van der Waals surface area (Å²) in [6.45, 7) is 4.13. The molecule has 0 radical (unpaired) electrons. The molecule has 35 heavy (non-hydrogen) atoms. The molecule has 2 atom stereocenters. The summed E-state index contributed by atoms with van der Waals surface area (Å²) >= 11 is 0. The van der Waals surface area contributed by atoms with Crippen molar-refractivity contribution >= 4 is 23.6 Å². The van der Waals surface area contributed by atoms with Crippen molar-refractivity contribution in [3.8, 4) is 5.75 Å². The Morgan fingerprint density at radius 3 is 2.54 bits per heavy atom. The van der Waals surface area contributed by atoms with Crippen LogP contribution in [0.5, 0.6) is 5.75 Å². The topological polar surface area (TPSA) is 97.2 Å². The minimum absolute atomic E-state index is 0.0668. The number of fused-ring (bicyclic) bond motifs is 1. The van der Waals surface area contributed by atoms with Gasteiger partial charge in [-0.05, 0) is 36.1 Å². The molecule has 0 spiro atoms. The third-order valence-corrected chi connectivity index (χ3v) is 5.89. The first-order chi connectivity index (χ1) is 16.2. The van der Waals surface area contributed by atoms with Gasteiger partial charge in [-0.2, -0.15) is 13.2 Å². The van der Waals surface area contributed by atoms with E-state index in [9.17, 15) is 32.3 Å². The largest absolute Gasteiger partial charge is 0.494 e. The number of rotatable bonds is 7. The second kappa shape index (κ2) is 9.29. The molecule has 0 fully saturated rings. The van der Waals surface area contributed by atoms with E-state index < -0.39 is 41.4 Å². The van der Waals surface area contributed by atoms with Gasteiger partial charge in [0.2, 0.25) is 11.7 Å². The molecule has 3 rings (SSSR count). The molecule has 2 aromatic carbocycles. The first-order valence-corrected chi connectivity index (χ1v) is 10.5. The molecule has 1 aliphatic heterocycles. The highest BCUT2D eigenvalue weighted by molar-refractivity contribution is 6.04. The van der Waals surface area contributed by atoms with E-state index >= 15 is 0 Å². The van der Waals surface area contributed by atoms with Crippen molar-refractivity contribution in [3.05, 3.63) is 58.9 Å². The summed E-state index contributed by atoms with van der Waals surface area (Å²) in [5, 5.41) is 16.5. The van der Waals surface area contributed by atoms with Crippen LogP contribution in [0.1, 0.15) is 50.0 Å². The number of aliphatic hydroxyl groups is 1. The summed E-state index contributed by atoms with van der Waals surface area (Å²) in [5.41, 5.74) is -4.56. The van der Waals surface area contributed by atoms with Gasteiger partial charge in [0, 0.05) is 23.2 Å². The van der Waals surface area contributed by atoms with Crippen LogP contribution in [-0.2, 0) is 19.8 Å². The van der Waals surface area contributed by atoms with Gasteiger partial charge < -0.3 is 20.0 Å². The van der Waals surface area contributed by atoms with Gasteiger partial charge in [-0.15, -0.1) is 0 Å². The van der Waals surface area contributed by atoms with Crippen molar-refractivity contribution in [2.45, 2.75) is 50.5 Å². The van der Waals surface area contributed by atoms with Crippen molar-refractivity contribution in [2.24, 2.45) is 5.16 Å². The first kappa shape index (κ1) is 26.1. The molecule has 0 saturated carbocycles. The fourth-order valence-electron chi connectivity index (χ4n) is 4.01. The maximum Gasteiger partial charge on any atom is 0.426 e. The van der Waals surface area contributed by atoms with Crippen LogP contribution in [0.25, 0.3) is 0 Å². The summed E-state index contributed by atoms with van der Waals surface area (Å²) in [6.07, 6.45) is -7.04. The van der Waals surface area contributed by atoms with Crippen LogP contribution in [0.15, 0.2) is 41.6 Å². The maximum absolute atomic E-state index is 14.8. The van der Waals surface area contributed by atoms with Crippen molar-refractivity contribution in [1.82, 2.24) is 0 Å². The van der Waals surface area contributed by atoms with Gasteiger partial charge >= 0.3 is 6.18 Å². The van der Waals surface area contributed by atoms with E-state index in [0.29, 0.717) is 23.1 Å². The zero-order chi connectivity index (χ0) is 26.2. The number of ether oxygens (including phenoxy) is 1. The fraction of sp³-hybridized carbons (Fsp3) is 0.375. The number of halogens is 4. The predicted molar refractivity (Wildman–Crippen MR) is 119 cm³/mol.